The lowest BCUT2D eigenvalue weighted by Gasteiger charge is -2.06. The van der Waals surface area contributed by atoms with Gasteiger partial charge in [0.15, 0.2) is 6.61 Å². The molecule has 144 valence electrons. The number of carboxylic acids is 1. The van der Waals surface area contributed by atoms with Gasteiger partial charge in [-0.05, 0) is 43.9 Å². The van der Waals surface area contributed by atoms with Crippen molar-refractivity contribution in [3.8, 4) is 5.75 Å². The summed E-state index contributed by atoms with van der Waals surface area (Å²) in [5, 5.41) is 12.7. The maximum Gasteiger partial charge on any atom is 0.341 e. The lowest BCUT2D eigenvalue weighted by molar-refractivity contribution is -0.139. The Labute approximate surface area is 162 Å². The van der Waals surface area contributed by atoms with Crippen molar-refractivity contribution in [2.24, 2.45) is 0 Å². The number of aromatic nitrogens is 1. The summed E-state index contributed by atoms with van der Waals surface area (Å²) < 4.78 is 5.11. The maximum atomic E-state index is 12.5. The van der Waals surface area contributed by atoms with Crippen LogP contribution in [-0.4, -0.2) is 35.1 Å². The lowest BCUT2D eigenvalue weighted by Crippen LogP contribution is -2.25. The van der Waals surface area contributed by atoms with Crippen LogP contribution in [0.15, 0.2) is 24.3 Å². The van der Waals surface area contributed by atoms with E-state index in [1.165, 1.54) is 37.0 Å². The largest absolute Gasteiger partial charge is 0.482 e. The molecule has 2 aromatic rings. The fraction of sp³-hybridized carbons (Fsp3) is 0.450. The molecular weight excluding hydrogens is 364 g/mol. The van der Waals surface area contributed by atoms with Crippen LogP contribution in [0.1, 0.15) is 57.5 Å². The minimum Gasteiger partial charge on any atom is -0.482 e. The number of aliphatic carboxylic acids is 1. The molecule has 1 aromatic carbocycles. The number of amides is 1. The molecule has 0 saturated heterocycles. The zero-order chi connectivity index (χ0) is 19.2. The fourth-order valence-corrected chi connectivity index (χ4v) is 4.43. The molecule has 0 atom stereocenters. The highest BCUT2D eigenvalue weighted by atomic mass is 32.1. The van der Waals surface area contributed by atoms with Crippen LogP contribution in [0.2, 0.25) is 0 Å². The molecular formula is C20H24N2O4S. The van der Waals surface area contributed by atoms with Crippen LogP contribution in [0.4, 0.5) is 0 Å². The average molecular weight is 388 g/mol. The van der Waals surface area contributed by atoms with Crippen molar-refractivity contribution in [1.29, 1.82) is 0 Å². The van der Waals surface area contributed by atoms with Crippen LogP contribution in [0.5, 0.6) is 5.75 Å². The van der Waals surface area contributed by atoms with Gasteiger partial charge in [0.05, 0.1) is 10.7 Å². The molecule has 1 heterocycles. The van der Waals surface area contributed by atoms with Crippen LogP contribution in [0.25, 0.3) is 0 Å². The summed E-state index contributed by atoms with van der Waals surface area (Å²) in [6, 6.07) is 7.22. The van der Waals surface area contributed by atoms with Gasteiger partial charge in [0.2, 0.25) is 0 Å². The van der Waals surface area contributed by atoms with E-state index in [1.54, 1.807) is 12.1 Å². The van der Waals surface area contributed by atoms with E-state index in [2.05, 4.69) is 10.3 Å². The topological polar surface area (TPSA) is 88.5 Å². The first-order chi connectivity index (χ1) is 13.0. The minimum absolute atomic E-state index is 0.0596. The smallest absolute Gasteiger partial charge is 0.341 e. The Bertz CT molecular complexity index is 795. The predicted molar refractivity (Wildman–Crippen MR) is 104 cm³/mol. The Balaban J connectivity index is 1.48. The number of nitrogens with zero attached hydrogens (tertiary/aromatic N) is 1. The van der Waals surface area contributed by atoms with E-state index in [9.17, 15) is 9.59 Å². The third-order valence-electron chi connectivity index (χ3n) is 4.71. The Morgan fingerprint density at radius 3 is 2.63 bits per heavy atom. The van der Waals surface area contributed by atoms with E-state index in [4.69, 9.17) is 9.84 Å². The number of benzene rings is 1. The Morgan fingerprint density at radius 1 is 1.26 bits per heavy atom. The molecule has 2 N–H and O–H groups in total. The second kappa shape index (κ2) is 8.99. The molecule has 0 radical (unpaired) electrons. The molecule has 1 aromatic heterocycles. The van der Waals surface area contributed by atoms with Crippen molar-refractivity contribution in [2.45, 2.75) is 44.9 Å². The summed E-state index contributed by atoms with van der Waals surface area (Å²) in [5.74, 6) is -0.0195. The first-order valence-corrected chi connectivity index (χ1v) is 10.0. The highest BCUT2D eigenvalue weighted by molar-refractivity contribution is 7.13. The standard InChI is InChI=1S/C20H24N2O4S/c1-13-18(27-20(22-13)15-4-2-3-5-15)19(25)21-11-10-14-6-8-16(9-7-14)26-12-17(23)24/h6-9,15H,2-5,10-12H2,1H3,(H,21,25)(H,23,24). The van der Waals surface area contributed by atoms with Gasteiger partial charge in [-0.2, -0.15) is 0 Å². The molecule has 7 heteroatoms. The number of carbonyl (C=O) groups excluding carboxylic acids is 1. The van der Waals surface area contributed by atoms with Gasteiger partial charge in [-0.25, -0.2) is 9.78 Å². The normalized spacial score (nSPS) is 14.3. The molecule has 0 bridgehead atoms. The first kappa shape index (κ1) is 19.4. The molecule has 1 amide bonds. The molecule has 3 rings (SSSR count). The maximum absolute atomic E-state index is 12.5. The highest BCUT2D eigenvalue weighted by Crippen LogP contribution is 2.37. The second-order valence-corrected chi connectivity index (χ2v) is 7.81. The molecule has 27 heavy (non-hydrogen) atoms. The average Bonchev–Trinajstić information content (AvgIpc) is 3.30. The van der Waals surface area contributed by atoms with Gasteiger partial charge < -0.3 is 15.2 Å². The first-order valence-electron chi connectivity index (χ1n) is 9.22. The quantitative estimate of drug-likeness (QED) is 0.722. The lowest BCUT2D eigenvalue weighted by atomic mass is 10.1. The van der Waals surface area contributed by atoms with E-state index >= 15 is 0 Å². The van der Waals surface area contributed by atoms with Gasteiger partial charge in [0, 0.05) is 12.5 Å². The van der Waals surface area contributed by atoms with E-state index in [1.807, 2.05) is 19.1 Å². The summed E-state index contributed by atoms with van der Waals surface area (Å²) in [4.78, 5) is 28.3. The third kappa shape index (κ3) is 5.29. The van der Waals surface area contributed by atoms with E-state index < -0.39 is 5.97 Å². The van der Waals surface area contributed by atoms with Gasteiger partial charge in [0.1, 0.15) is 10.6 Å². The summed E-state index contributed by atoms with van der Waals surface area (Å²) in [6.07, 6.45) is 5.56. The molecule has 0 spiro atoms. The van der Waals surface area contributed by atoms with Crippen molar-refractivity contribution in [3.63, 3.8) is 0 Å². The van der Waals surface area contributed by atoms with Crippen molar-refractivity contribution in [2.75, 3.05) is 13.2 Å². The van der Waals surface area contributed by atoms with E-state index in [0.29, 0.717) is 29.5 Å². The number of ether oxygens (including phenoxy) is 1. The highest BCUT2D eigenvalue weighted by Gasteiger charge is 2.23. The van der Waals surface area contributed by atoms with Gasteiger partial charge in [-0.15, -0.1) is 11.3 Å². The predicted octanol–water partition coefficient (Wildman–Crippen LogP) is 3.55. The summed E-state index contributed by atoms with van der Waals surface area (Å²) in [6.45, 7) is 2.08. The van der Waals surface area contributed by atoms with Gasteiger partial charge in [-0.3, -0.25) is 4.79 Å². The Morgan fingerprint density at radius 2 is 1.96 bits per heavy atom. The minimum atomic E-state index is -1.00. The van der Waals surface area contributed by atoms with Crippen LogP contribution in [0.3, 0.4) is 0 Å². The number of aryl methyl sites for hydroxylation is 1. The van der Waals surface area contributed by atoms with E-state index in [-0.39, 0.29) is 12.5 Å². The van der Waals surface area contributed by atoms with Crippen molar-refractivity contribution < 1.29 is 19.4 Å². The second-order valence-electron chi connectivity index (χ2n) is 6.78. The van der Waals surface area contributed by atoms with Crippen LogP contribution < -0.4 is 10.1 Å². The van der Waals surface area contributed by atoms with Gasteiger partial charge in [0.25, 0.3) is 5.91 Å². The number of carbonyl (C=O) groups is 2. The van der Waals surface area contributed by atoms with Crippen LogP contribution in [-0.2, 0) is 11.2 Å². The fourth-order valence-electron chi connectivity index (χ4n) is 3.27. The number of carboxylic acid groups (broad SMARTS) is 1. The van der Waals surface area contributed by atoms with Crippen LogP contribution in [0, 0.1) is 6.92 Å². The van der Waals surface area contributed by atoms with Crippen molar-refractivity contribution in [3.05, 3.63) is 45.4 Å². The van der Waals surface area contributed by atoms with Crippen LogP contribution >= 0.6 is 11.3 Å². The Hall–Kier alpha value is -2.41. The number of hydrogen-bond acceptors (Lipinski definition) is 5. The molecule has 0 unspecified atom stereocenters. The SMILES string of the molecule is Cc1nc(C2CCCC2)sc1C(=O)NCCc1ccc(OCC(=O)O)cc1. The number of thiazole rings is 1. The number of hydrogen-bond donors (Lipinski definition) is 2. The third-order valence-corrected chi connectivity index (χ3v) is 6.03. The number of nitrogens with one attached hydrogen (secondary N) is 1. The molecule has 0 aliphatic heterocycles. The Kier molecular flexibility index (Phi) is 6.45. The van der Waals surface area contributed by atoms with Crippen molar-refractivity contribution in [1.82, 2.24) is 10.3 Å². The number of rotatable bonds is 8. The van der Waals surface area contributed by atoms with Crippen molar-refractivity contribution >= 4 is 23.2 Å². The zero-order valence-electron chi connectivity index (χ0n) is 15.4. The molecule has 1 aliphatic carbocycles. The van der Waals surface area contributed by atoms with Gasteiger partial charge in [-0.1, -0.05) is 25.0 Å². The molecule has 1 fully saturated rings. The molecule has 6 nitrogen and oxygen atoms in total. The monoisotopic (exact) mass is 388 g/mol. The zero-order valence-corrected chi connectivity index (χ0v) is 16.2. The van der Waals surface area contributed by atoms with E-state index in [0.717, 1.165) is 16.3 Å². The molecule has 1 aliphatic rings. The molecule has 1 saturated carbocycles. The summed E-state index contributed by atoms with van der Waals surface area (Å²) >= 11 is 1.53. The van der Waals surface area contributed by atoms with Gasteiger partial charge >= 0.3 is 5.97 Å². The summed E-state index contributed by atoms with van der Waals surface area (Å²) in [5.41, 5.74) is 1.87. The summed E-state index contributed by atoms with van der Waals surface area (Å²) in [7, 11) is 0.